The lowest BCUT2D eigenvalue weighted by Crippen LogP contribution is -2.52. The average Bonchev–Trinajstić information content (AvgIpc) is 2.34. The van der Waals surface area contributed by atoms with Crippen molar-refractivity contribution in [2.45, 2.75) is 38.9 Å². The predicted octanol–water partition coefficient (Wildman–Crippen LogP) is 0.478. The van der Waals surface area contributed by atoms with Gasteiger partial charge in [0.05, 0.1) is 11.7 Å². The summed E-state index contributed by atoms with van der Waals surface area (Å²) < 4.78 is 11.4. The Morgan fingerprint density at radius 2 is 2.37 bits per heavy atom. The Morgan fingerprint density at radius 1 is 1.58 bits per heavy atom. The Balaban J connectivity index is 1.95. The van der Waals surface area contributed by atoms with E-state index in [1.54, 1.807) is 0 Å². The third kappa shape index (κ3) is 4.04. The molecule has 0 aliphatic carbocycles. The molecule has 1 fully saturated rings. The van der Waals surface area contributed by atoms with Gasteiger partial charge in [-0.05, 0) is 13.8 Å². The summed E-state index contributed by atoms with van der Waals surface area (Å²) in [4.78, 5) is 18.3. The number of aromatic nitrogens is 2. The fourth-order valence-electron chi connectivity index (χ4n) is 2.07. The average molecular weight is 267 g/mol. The summed E-state index contributed by atoms with van der Waals surface area (Å²) in [5.41, 5.74) is -0.382. The molecule has 1 aliphatic rings. The summed E-state index contributed by atoms with van der Waals surface area (Å²) >= 11 is 0. The van der Waals surface area contributed by atoms with Gasteiger partial charge in [0.25, 0.3) is 5.56 Å². The zero-order chi connectivity index (χ0) is 13.9. The second kappa shape index (κ2) is 5.71. The number of aromatic amines is 1. The van der Waals surface area contributed by atoms with Crippen molar-refractivity contribution in [3.05, 3.63) is 22.2 Å². The van der Waals surface area contributed by atoms with E-state index < -0.39 is 0 Å². The first-order chi connectivity index (χ1) is 8.98. The number of H-pyrrole nitrogens is 1. The van der Waals surface area contributed by atoms with Gasteiger partial charge >= 0.3 is 0 Å². The maximum atomic E-state index is 11.4. The quantitative estimate of drug-likeness (QED) is 0.829. The second-order valence-corrected chi connectivity index (χ2v) is 5.33. The molecule has 1 unspecified atom stereocenters. The number of nitrogens with zero attached hydrogens (tertiary/aromatic N) is 1. The first-order valence-corrected chi connectivity index (χ1v) is 6.60. The van der Waals surface area contributed by atoms with Crippen LogP contribution in [0.3, 0.4) is 0 Å². The minimum Gasteiger partial charge on any atom is -0.475 e. The minimum absolute atomic E-state index is 0.0325. The Labute approximate surface area is 112 Å². The summed E-state index contributed by atoms with van der Waals surface area (Å²) in [7, 11) is 0. The number of morpholine rings is 1. The topological polar surface area (TPSA) is 76.2 Å². The summed E-state index contributed by atoms with van der Waals surface area (Å²) in [6.45, 7) is 7.95. The Morgan fingerprint density at radius 3 is 3.05 bits per heavy atom. The molecule has 0 radical (unpaired) electrons. The SMILES string of the molecule is CCc1nc(OCC2CNCC(C)(C)O2)cc(=O)[nH]1. The first-order valence-electron chi connectivity index (χ1n) is 6.60. The van der Waals surface area contributed by atoms with Crippen LogP contribution in [0.25, 0.3) is 0 Å². The van der Waals surface area contributed by atoms with Crippen molar-refractivity contribution in [2.24, 2.45) is 0 Å². The molecule has 0 saturated carbocycles. The molecule has 2 heterocycles. The van der Waals surface area contributed by atoms with Crippen LogP contribution in [-0.4, -0.2) is 41.4 Å². The fourth-order valence-corrected chi connectivity index (χ4v) is 2.07. The summed E-state index contributed by atoms with van der Waals surface area (Å²) in [6, 6.07) is 1.36. The fraction of sp³-hybridized carbons (Fsp3) is 0.692. The van der Waals surface area contributed by atoms with E-state index in [4.69, 9.17) is 9.47 Å². The lowest BCUT2D eigenvalue weighted by molar-refractivity contribution is -0.107. The maximum Gasteiger partial charge on any atom is 0.254 e. The number of aryl methyl sites for hydroxylation is 1. The molecular weight excluding hydrogens is 246 g/mol. The van der Waals surface area contributed by atoms with Gasteiger partial charge in [-0.15, -0.1) is 0 Å². The van der Waals surface area contributed by atoms with Crippen molar-refractivity contribution in [2.75, 3.05) is 19.7 Å². The lowest BCUT2D eigenvalue weighted by Gasteiger charge is -2.36. The maximum absolute atomic E-state index is 11.4. The van der Waals surface area contributed by atoms with Gasteiger partial charge in [-0.25, -0.2) is 4.98 Å². The molecule has 0 amide bonds. The van der Waals surface area contributed by atoms with E-state index in [0.29, 0.717) is 24.7 Å². The van der Waals surface area contributed by atoms with E-state index in [0.717, 1.165) is 13.1 Å². The first kappa shape index (κ1) is 14.0. The standard InChI is InChI=1S/C13H21N3O3/c1-4-10-15-11(17)5-12(16-10)18-7-9-6-14-8-13(2,3)19-9/h5,9,14H,4,6-8H2,1-3H3,(H,15,16,17). The molecule has 19 heavy (non-hydrogen) atoms. The van der Waals surface area contributed by atoms with Gasteiger partial charge in [-0.1, -0.05) is 6.92 Å². The molecular formula is C13H21N3O3. The van der Waals surface area contributed by atoms with Crippen LogP contribution in [0.1, 0.15) is 26.6 Å². The molecule has 1 saturated heterocycles. The van der Waals surface area contributed by atoms with E-state index in [2.05, 4.69) is 15.3 Å². The molecule has 0 spiro atoms. The molecule has 6 nitrogen and oxygen atoms in total. The molecule has 2 N–H and O–H groups in total. The Kier molecular flexibility index (Phi) is 4.21. The zero-order valence-electron chi connectivity index (χ0n) is 11.7. The highest BCUT2D eigenvalue weighted by molar-refractivity contribution is 5.09. The molecule has 0 bridgehead atoms. The summed E-state index contributed by atoms with van der Waals surface area (Å²) in [6.07, 6.45) is 0.635. The molecule has 2 rings (SSSR count). The van der Waals surface area contributed by atoms with E-state index in [9.17, 15) is 4.79 Å². The molecule has 1 atom stereocenters. The zero-order valence-corrected chi connectivity index (χ0v) is 11.7. The number of nitrogens with one attached hydrogen (secondary N) is 2. The van der Waals surface area contributed by atoms with Crippen molar-refractivity contribution < 1.29 is 9.47 Å². The summed E-state index contributed by atoms with van der Waals surface area (Å²) in [5.74, 6) is 0.984. The van der Waals surface area contributed by atoms with E-state index in [1.807, 2.05) is 20.8 Å². The molecule has 1 aromatic heterocycles. The molecule has 6 heteroatoms. The lowest BCUT2D eigenvalue weighted by atomic mass is 10.1. The van der Waals surface area contributed by atoms with Gasteiger partial charge in [0, 0.05) is 19.5 Å². The van der Waals surface area contributed by atoms with Gasteiger partial charge in [0.1, 0.15) is 18.5 Å². The van der Waals surface area contributed by atoms with Crippen LogP contribution >= 0.6 is 0 Å². The van der Waals surface area contributed by atoms with Crippen LogP contribution in [0.4, 0.5) is 0 Å². The smallest absolute Gasteiger partial charge is 0.254 e. The highest BCUT2D eigenvalue weighted by Crippen LogP contribution is 2.16. The number of rotatable bonds is 4. The highest BCUT2D eigenvalue weighted by Gasteiger charge is 2.28. The van der Waals surface area contributed by atoms with Gasteiger partial charge in [-0.2, -0.15) is 0 Å². The normalized spacial score (nSPS) is 22.2. The number of ether oxygens (including phenoxy) is 2. The largest absolute Gasteiger partial charge is 0.475 e. The summed E-state index contributed by atoms with van der Waals surface area (Å²) in [5, 5.41) is 3.30. The monoisotopic (exact) mass is 267 g/mol. The van der Waals surface area contributed by atoms with Crippen LogP contribution in [0.15, 0.2) is 10.9 Å². The van der Waals surface area contributed by atoms with Crippen molar-refractivity contribution in [1.29, 1.82) is 0 Å². The Bertz CT molecular complexity index is 484. The van der Waals surface area contributed by atoms with Crippen molar-refractivity contribution in [3.63, 3.8) is 0 Å². The predicted molar refractivity (Wildman–Crippen MR) is 71.6 cm³/mol. The van der Waals surface area contributed by atoms with Crippen LogP contribution < -0.4 is 15.6 Å². The van der Waals surface area contributed by atoms with Crippen LogP contribution in [-0.2, 0) is 11.2 Å². The third-order valence-corrected chi connectivity index (χ3v) is 2.93. The molecule has 1 aromatic rings. The van der Waals surface area contributed by atoms with E-state index in [-0.39, 0.29) is 17.3 Å². The van der Waals surface area contributed by atoms with Gasteiger partial charge in [0.15, 0.2) is 0 Å². The highest BCUT2D eigenvalue weighted by atomic mass is 16.6. The van der Waals surface area contributed by atoms with Crippen LogP contribution in [0, 0.1) is 0 Å². The third-order valence-electron chi connectivity index (χ3n) is 2.93. The van der Waals surface area contributed by atoms with Crippen molar-refractivity contribution in [1.82, 2.24) is 15.3 Å². The molecule has 0 aromatic carbocycles. The van der Waals surface area contributed by atoms with Crippen LogP contribution in [0.2, 0.25) is 0 Å². The van der Waals surface area contributed by atoms with Crippen LogP contribution in [0.5, 0.6) is 5.88 Å². The van der Waals surface area contributed by atoms with E-state index >= 15 is 0 Å². The molecule has 1 aliphatic heterocycles. The number of hydrogen-bond acceptors (Lipinski definition) is 5. The Hall–Kier alpha value is -1.40. The van der Waals surface area contributed by atoms with Crippen molar-refractivity contribution >= 4 is 0 Å². The molecule has 106 valence electrons. The van der Waals surface area contributed by atoms with E-state index in [1.165, 1.54) is 6.07 Å². The second-order valence-electron chi connectivity index (χ2n) is 5.33. The minimum atomic E-state index is -0.192. The van der Waals surface area contributed by atoms with Crippen molar-refractivity contribution in [3.8, 4) is 5.88 Å². The van der Waals surface area contributed by atoms with Gasteiger partial charge in [0.2, 0.25) is 5.88 Å². The number of hydrogen-bond donors (Lipinski definition) is 2. The van der Waals surface area contributed by atoms with Gasteiger partial charge < -0.3 is 19.8 Å². The van der Waals surface area contributed by atoms with Gasteiger partial charge in [-0.3, -0.25) is 4.79 Å².